The zero-order chi connectivity index (χ0) is 15.3. The molecule has 1 aromatic rings. The highest BCUT2D eigenvalue weighted by molar-refractivity contribution is 5.14. The Morgan fingerprint density at radius 3 is 2.38 bits per heavy atom. The van der Waals surface area contributed by atoms with Crippen molar-refractivity contribution in [1.82, 2.24) is 0 Å². The van der Waals surface area contributed by atoms with Crippen LogP contribution in [0.1, 0.15) is 39.7 Å². The van der Waals surface area contributed by atoms with Crippen molar-refractivity contribution in [2.75, 3.05) is 0 Å². The molecule has 0 bridgehead atoms. The molecule has 2 aliphatic rings. The number of fused-ring (bicyclic) bond motifs is 1. The zero-order valence-corrected chi connectivity index (χ0v) is 13.3. The first-order valence-corrected chi connectivity index (χ1v) is 7.85. The third kappa shape index (κ3) is 2.40. The van der Waals surface area contributed by atoms with Crippen LogP contribution in [0.15, 0.2) is 30.3 Å². The predicted molar refractivity (Wildman–Crippen MR) is 81.1 cm³/mol. The van der Waals surface area contributed by atoms with E-state index < -0.39 is 5.79 Å². The Morgan fingerprint density at radius 2 is 1.76 bits per heavy atom. The fraction of sp³-hybridized carbons (Fsp3) is 0.647. The summed E-state index contributed by atoms with van der Waals surface area (Å²) >= 11 is 0. The summed E-state index contributed by atoms with van der Waals surface area (Å²) in [5.41, 5.74) is 1.08. The molecule has 0 unspecified atom stereocenters. The van der Waals surface area contributed by atoms with Crippen LogP contribution >= 0.6 is 0 Å². The van der Waals surface area contributed by atoms with Crippen molar-refractivity contribution in [1.29, 1.82) is 0 Å². The molecule has 1 aromatic carbocycles. The summed E-state index contributed by atoms with van der Waals surface area (Å²) in [6.45, 7) is 8.43. The molecule has 0 amide bonds. The van der Waals surface area contributed by atoms with Crippen molar-refractivity contribution >= 4 is 0 Å². The van der Waals surface area contributed by atoms with E-state index >= 15 is 0 Å². The molecule has 3 rings (SSSR count). The van der Waals surface area contributed by atoms with Crippen LogP contribution in [0.5, 0.6) is 0 Å². The maximum absolute atomic E-state index is 13.6. The molecular weight excluding hydrogens is 266 g/mol. The van der Waals surface area contributed by atoms with E-state index in [9.17, 15) is 5.21 Å². The first kappa shape index (κ1) is 15.0. The first-order valence-electron chi connectivity index (χ1n) is 7.85. The second kappa shape index (κ2) is 5.06. The maximum Gasteiger partial charge on any atom is 0.164 e. The molecule has 21 heavy (non-hydrogen) atoms. The highest BCUT2D eigenvalue weighted by Gasteiger charge is 2.61. The summed E-state index contributed by atoms with van der Waals surface area (Å²) in [5.74, 6) is -0.574. The van der Waals surface area contributed by atoms with Crippen molar-refractivity contribution in [3.63, 3.8) is 0 Å². The SMILES string of the molecule is CC[C@@H]1[C@@H]2OC(C)(C)O[C@@H]2[C@H](C)[N@@+]1([O-])Cc1ccccc1. The monoisotopic (exact) mass is 291 g/mol. The van der Waals surface area contributed by atoms with E-state index in [4.69, 9.17) is 9.47 Å². The van der Waals surface area contributed by atoms with Gasteiger partial charge in [0.25, 0.3) is 0 Å². The minimum absolute atomic E-state index is 0.0630. The van der Waals surface area contributed by atoms with Crippen molar-refractivity contribution in [3.8, 4) is 0 Å². The van der Waals surface area contributed by atoms with Crippen LogP contribution in [0.25, 0.3) is 0 Å². The van der Waals surface area contributed by atoms with Crippen molar-refractivity contribution in [2.45, 2.75) is 70.7 Å². The lowest BCUT2D eigenvalue weighted by atomic mass is 10.1. The molecule has 0 aliphatic carbocycles. The molecule has 2 heterocycles. The van der Waals surface area contributed by atoms with Gasteiger partial charge in [-0.25, -0.2) is 0 Å². The standard InChI is InChI=1S/C17H25NO3/c1-5-14-16-15(20-17(3,4)21-16)12(2)18(14,19)11-13-9-7-6-8-10-13/h6-10,12,14-16H,5,11H2,1-4H3/t12-,14+,15+,16-,18-/m0/s1. The maximum atomic E-state index is 13.6. The van der Waals surface area contributed by atoms with Crippen LogP contribution in [0.4, 0.5) is 0 Å². The Bertz CT molecular complexity index is 504. The van der Waals surface area contributed by atoms with E-state index in [1.165, 1.54) is 0 Å². The average Bonchev–Trinajstić information content (AvgIpc) is 2.83. The predicted octanol–water partition coefficient (Wildman–Crippen LogP) is 3.20. The number of hydrogen-bond donors (Lipinski definition) is 0. The van der Waals surface area contributed by atoms with Crippen LogP contribution in [0, 0.1) is 5.21 Å². The Kier molecular flexibility index (Phi) is 3.61. The average molecular weight is 291 g/mol. The van der Waals surface area contributed by atoms with E-state index in [0.29, 0.717) is 6.54 Å². The van der Waals surface area contributed by atoms with Gasteiger partial charge in [0.2, 0.25) is 0 Å². The second-order valence-electron chi connectivity index (χ2n) is 6.78. The Balaban J connectivity index is 1.89. The molecule has 0 radical (unpaired) electrons. The summed E-state index contributed by atoms with van der Waals surface area (Å²) in [6.07, 6.45) is 0.605. The van der Waals surface area contributed by atoms with Crippen LogP contribution in [0.3, 0.4) is 0 Å². The van der Waals surface area contributed by atoms with Crippen molar-refractivity contribution < 1.29 is 14.1 Å². The summed E-state index contributed by atoms with van der Waals surface area (Å²) in [4.78, 5) is 0. The van der Waals surface area contributed by atoms with Crippen LogP contribution < -0.4 is 0 Å². The highest BCUT2D eigenvalue weighted by atomic mass is 16.8. The van der Waals surface area contributed by atoms with Gasteiger partial charge in [0, 0.05) is 5.56 Å². The Labute approximate surface area is 126 Å². The molecule has 2 fully saturated rings. The second-order valence-corrected chi connectivity index (χ2v) is 6.78. The number of hydroxylamine groups is 3. The summed E-state index contributed by atoms with van der Waals surface area (Å²) in [7, 11) is 0. The molecule has 2 saturated heterocycles. The summed E-state index contributed by atoms with van der Waals surface area (Å²) in [6, 6.07) is 9.83. The van der Waals surface area contributed by atoms with Crippen LogP contribution in [0.2, 0.25) is 0 Å². The lowest BCUT2D eigenvalue weighted by Crippen LogP contribution is -2.53. The molecule has 0 saturated carbocycles. The van der Waals surface area contributed by atoms with Gasteiger partial charge in [-0.15, -0.1) is 0 Å². The molecular formula is C17H25NO3. The van der Waals surface area contributed by atoms with E-state index in [2.05, 4.69) is 6.92 Å². The van der Waals surface area contributed by atoms with E-state index in [1.807, 2.05) is 51.1 Å². The van der Waals surface area contributed by atoms with Gasteiger partial charge >= 0.3 is 0 Å². The van der Waals surface area contributed by atoms with Gasteiger partial charge in [-0.2, -0.15) is 0 Å². The van der Waals surface area contributed by atoms with Gasteiger partial charge in [-0.1, -0.05) is 37.3 Å². The molecule has 0 spiro atoms. The number of nitrogens with zero attached hydrogens (tertiary/aromatic N) is 1. The minimum atomic E-state index is -0.574. The number of likely N-dealkylation sites (tertiary alicyclic amines) is 1. The quantitative estimate of drug-likeness (QED) is 0.634. The van der Waals surface area contributed by atoms with Crippen LogP contribution in [-0.2, 0) is 16.0 Å². The van der Waals surface area contributed by atoms with Gasteiger partial charge in [-0.3, -0.25) is 0 Å². The van der Waals surface area contributed by atoms with E-state index in [1.54, 1.807) is 0 Å². The van der Waals surface area contributed by atoms with E-state index in [-0.39, 0.29) is 28.9 Å². The number of benzene rings is 1. The van der Waals surface area contributed by atoms with Gasteiger partial charge < -0.3 is 19.3 Å². The first-order chi connectivity index (χ1) is 9.87. The van der Waals surface area contributed by atoms with Gasteiger partial charge in [0.1, 0.15) is 30.8 Å². The molecule has 2 aliphatic heterocycles. The number of rotatable bonds is 3. The molecule has 0 aromatic heterocycles. The fourth-order valence-electron chi connectivity index (χ4n) is 3.96. The molecule has 4 heteroatoms. The normalized spacial score (nSPS) is 41.2. The summed E-state index contributed by atoms with van der Waals surface area (Å²) < 4.78 is 11.8. The lowest BCUT2D eigenvalue weighted by molar-refractivity contribution is -0.931. The van der Waals surface area contributed by atoms with Crippen molar-refractivity contribution in [3.05, 3.63) is 41.1 Å². The molecule has 116 valence electrons. The van der Waals surface area contributed by atoms with Crippen LogP contribution in [-0.4, -0.2) is 34.7 Å². The number of hydrogen-bond acceptors (Lipinski definition) is 3. The molecule has 5 atom stereocenters. The molecule has 0 N–H and O–H groups in total. The topological polar surface area (TPSA) is 41.5 Å². The number of ether oxygens (including phenoxy) is 2. The smallest absolute Gasteiger partial charge is 0.164 e. The van der Waals surface area contributed by atoms with Gasteiger partial charge in [-0.05, 0) is 27.2 Å². The fourth-order valence-corrected chi connectivity index (χ4v) is 3.96. The Hall–Kier alpha value is -0.940. The Morgan fingerprint density at radius 1 is 1.14 bits per heavy atom. The largest absolute Gasteiger partial charge is 0.632 e. The minimum Gasteiger partial charge on any atom is -0.632 e. The highest BCUT2D eigenvalue weighted by Crippen LogP contribution is 2.46. The molecule has 4 nitrogen and oxygen atoms in total. The number of quaternary nitrogens is 1. The van der Waals surface area contributed by atoms with Gasteiger partial charge in [0.15, 0.2) is 5.79 Å². The zero-order valence-electron chi connectivity index (χ0n) is 13.3. The van der Waals surface area contributed by atoms with Crippen molar-refractivity contribution in [2.24, 2.45) is 0 Å². The third-order valence-electron chi connectivity index (χ3n) is 4.96. The summed E-state index contributed by atoms with van der Waals surface area (Å²) in [5, 5.41) is 13.6. The van der Waals surface area contributed by atoms with E-state index in [0.717, 1.165) is 12.0 Å². The van der Waals surface area contributed by atoms with Gasteiger partial charge in [0.05, 0.1) is 0 Å². The third-order valence-corrected chi connectivity index (χ3v) is 4.96. The lowest BCUT2D eigenvalue weighted by Gasteiger charge is -2.49.